The van der Waals surface area contributed by atoms with E-state index in [0.29, 0.717) is 11.4 Å². The lowest BCUT2D eigenvalue weighted by Crippen LogP contribution is -2.43. The van der Waals surface area contributed by atoms with Crippen molar-refractivity contribution in [3.05, 3.63) is 24.3 Å². The number of primary amides is 1. The summed E-state index contributed by atoms with van der Waals surface area (Å²) in [5.41, 5.74) is 11.6. The summed E-state index contributed by atoms with van der Waals surface area (Å²) in [5.74, 6) is -1.63. The zero-order chi connectivity index (χ0) is 15.1. The van der Waals surface area contributed by atoms with Crippen LogP contribution in [0.5, 0.6) is 0 Å². The SMILES string of the molecule is NC(=O)NC(=O)CN(CCC(=O)O)c1ccccc1N. The molecular weight excluding hydrogens is 264 g/mol. The Morgan fingerprint density at radius 3 is 2.45 bits per heavy atom. The fraction of sp³-hybridized carbons (Fsp3) is 0.250. The molecule has 0 saturated carbocycles. The lowest BCUT2D eigenvalue weighted by molar-refractivity contribution is -0.136. The molecule has 0 aliphatic heterocycles. The lowest BCUT2D eigenvalue weighted by atomic mass is 10.2. The molecule has 0 saturated heterocycles. The molecule has 0 fully saturated rings. The number of benzene rings is 1. The number of aliphatic carboxylic acids is 1. The minimum Gasteiger partial charge on any atom is -0.481 e. The monoisotopic (exact) mass is 280 g/mol. The Balaban J connectivity index is 2.85. The quantitative estimate of drug-likeness (QED) is 0.530. The summed E-state index contributed by atoms with van der Waals surface area (Å²) in [6, 6.07) is 5.77. The van der Waals surface area contributed by atoms with Gasteiger partial charge >= 0.3 is 12.0 Å². The van der Waals surface area contributed by atoms with Gasteiger partial charge < -0.3 is 21.5 Å². The molecule has 20 heavy (non-hydrogen) atoms. The number of carboxylic acid groups (broad SMARTS) is 1. The van der Waals surface area contributed by atoms with Crippen molar-refractivity contribution in [2.75, 3.05) is 23.7 Å². The second kappa shape index (κ2) is 6.98. The van der Waals surface area contributed by atoms with Gasteiger partial charge in [0.1, 0.15) is 0 Å². The first-order chi connectivity index (χ1) is 9.40. The molecule has 0 aliphatic carbocycles. The van der Waals surface area contributed by atoms with Gasteiger partial charge in [-0.15, -0.1) is 0 Å². The van der Waals surface area contributed by atoms with E-state index in [4.69, 9.17) is 16.6 Å². The molecule has 3 amide bonds. The first-order valence-corrected chi connectivity index (χ1v) is 5.80. The van der Waals surface area contributed by atoms with E-state index in [1.165, 1.54) is 4.90 Å². The molecule has 0 aromatic heterocycles. The number of nitrogen functional groups attached to an aromatic ring is 1. The number of urea groups is 1. The predicted octanol–water partition coefficient (Wildman–Crippen LogP) is -0.255. The minimum absolute atomic E-state index is 0.0791. The fourth-order valence-electron chi connectivity index (χ4n) is 1.64. The zero-order valence-electron chi connectivity index (χ0n) is 10.7. The van der Waals surface area contributed by atoms with Crippen LogP contribution in [0.15, 0.2) is 24.3 Å². The largest absolute Gasteiger partial charge is 0.481 e. The molecule has 0 spiro atoms. The van der Waals surface area contributed by atoms with E-state index in [0.717, 1.165) is 0 Å². The van der Waals surface area contributed by atoms with Gasteiger partial charge in [-0.25, -0.2) is 4.79 Å². The van der Waals surface area contributed by atoms with Crippen LogP contribution in [0.1, 0.15) is 6.42 Å². The van der Waals surface area contributed by atoms with E-state index < -0.39 is 17.9 Å². The van der Waals surface area contributed by atoms with Gasteiger partial charge in [0.25, 0.3) is 0 Å². The summed E-state index contributed by atoms with van der Waals surface area (Å²) in [5, 5.41) is 10.6. The van der Waals surface area contributed by atoms with Gasteiger partial charge in [-0.3, -0.25) is 14.9 Å². The van der Waals surface area contributed by atoms with Crippen molar-refractivity contribution in [1.82, 2.24) is 5.32 Å². The zero-order valence-corrected chi connectivity index (χ0v) is 10.7. The van der Waals surface area contributed by atoms with Crippen LogP contribution >= 0.6 is 0 Å². The first-order valence-electron chi connectivity index (χ1n) is 5.80. The average Bonchev–Trinajstić information content (AvgIpc) is 2.34. The van der Waals surface area contributed by atoms with Gasteiger partial charge in [0.2, 0.25) is 5.91 Å². The van der Waals surface area contributed by atoms with Crippen LogP contribution in [0.2, 0.25) is 0 Å². The molecule has 1 aromatic carbocycles. The molecule has 1 rings (SSSR count). The molecule has 0 atom stereocenters. The molecule has 0 radical (unpaired) electrons. The summed E-state index contributed by atoms with van der Waals surface area (Å²) in [4.78, 5) is 34.3. The van der Waals surface area contributed by atoms with Gasteiger partial charge in [-0.2, -0.15) is 0 Å². The topological polar surface area (TPSA) is 139 Å². The number of rotatable bonds is 6. The van der Waals surface area contributed by atoms with Crippen LogP contribution in [-0.4, -0.2) is 36.1 Å². The number of carbonyl (C=O) groups is 3. The maximum atomic E-state index is 11.6. The Morgan fingerprint density at radius 2 is 1.90 bits per heavy atom. The van der Waals surface area contributed by atoms with Crippen molar-refractivity contribution >= 4 is 29.3 Å². The molecular formula is C12H16N4O4. The predicted molar refractivity (Wildman–Crippen MR) is 73.0 cm³/mol. The third-order valence-electron chi connectivity index (χ3n) is 2.47. The number of carbonyl (C=O) groups excluding carboxylic acids is 2. The first kappa shape index (κ1) is 15.3. The third-order valence-corrected chi connectivity index (χ3v) is 2.47. The fourth-order valence-corrected chi connectivity index (χ4v) is 1.64. The maximum Gasteiger partial charge on any atom is 0.318 e. The third kappa shape index (κ3) is 4.84. The average molecular weight is 280 g/mol. The van der Waals surface area contributed by atoms with Gasteiger partial charge in [0, 0.05) is 6.54 Å². The molecule has 8 heteroatoms. The van der Waals surface area contributed by atoms with Crippen LogP contribution in [0.3, 0.4) is 0 Å². The number of amides is 3. The molecule has 8 nitrogen and oxygen atoms in total. The van der Waals surface area contributed by atoms with Crippen molar-refractivity contribution in [2.24, 2.45) is 5.73 Å². The van der Waals surface area contributed by atoms with Gasteiger partial charge in [-0.1, -0.05) is 12.1 Å². The Labute approximate surface area is 115 Å². The summed E-state index contributed by atoms with van der Waals surface area (Å²) in [7, 11) is 0. The van der Waals surface area contributed by atoms with Crippen LogP contribution in [0.25, 0.3) is 0 Å². The maximum absolute atomic E-state index is 11.6. The van der Waals surface area contributed by atoms with Gasteiger partial charge in [0.05, 0.1) is 24.3 Å². The number of hydrogen-bond acceptors (Lipinski definition) is 5. The van der Waals surface area contributed by atoms with E-state index in [1.807, 2.05) is 5.32 Å². The standard InChI is InChI=1S/C12H16N4O4/c13-8-3-1-2-4-9(8)16(6-5-11(18)19)7-10(17)15-12(14)20/h1-4H,5-7,13H2,(H,18,19)(H3,14,15,17,20). The molecule has 0 unspecified atom stereocenters. The van der Waals surface area contributed by atoms with E-state index in [-0.39, 0.29) is 19.5 Å². The number of para-hydroxylation sites is 2. The minimum atomic E-state index is -1.00. The lowest BCUT2D eigenvalue weighted by Gasteiger charge is -2.24. The van der Waals surface area contributed by atoms with Gasteiger partial charge in [0.15, 0.2) is 0 Å². The molecule has 6 N–H and O–H groups in total. The van der Waals surface area contributed by atoms with Crippen LogP contribution in [0.4, 0.5) is 16.2 Å². The highest BCUT2D eigenvalue weighted by molar-refractivity contribution is 5.96. The highest BCUT2D eigenvalue weighted by atomic mass is 16.4. The number of nitrogens with two attached hydrogens (primary N) is 2. The molecule has 108 valence electrons. The number of anilines is 2. The Morgan fingerprint density at radius 1 is 1.25 bits per heavy atom. The van der Waals surface area contributed by atoms with Crippen LogP contribution in [0, 0.1) is 0 Å². The molecule has 0 bridgehead atoms. The van der Waals surface area contributed by atoms with E-state index in [9.17, 15) is 14.4 Å². The van der Waals surface area contributed by atoms with Gasteiger partial charge in [-0.05, 0) is 12.1 Å². The number of imide groups is 1. The summed E-state index contributed by atoms with van der Waals surface area (Å²) in [6.45, 7) is -0.139. The molecule has 0 heterocycles. The van der Waals surface area contributed by atoms with E-state index >= 15 is 0 Å². The summed E-state index contributed by atoms with van der Waals surface area (Å²) >= 11 is 0. The number of carboxylic acids is 1. The van der Waals surface area contributed by atoms with Crippen molar-refractivity contribution in [3.8, 4) is 0 Å². The second-order valence-corrected chi connectivity index (χ2v) is 4.04. The molecule has 1 aromatic rings. The Hall–Kier alpha value is -2.77. The molecule has 0 aliphatic rings. The van der Waals surface area contributed by atoms with E-state index in [2.05, 4.69) is 0 Å². The van der Waals surface area contributed by atoms with Crippen molar-refractivity contribution < 1.29 is 19.5 Å². The number of nitrogens with one attached hydrogen (secondary N) is 1. The highest BCUT2D eigenvalue weighted by Crippen LogP contribution is 2.22. The van der Waals surface area contributed by atoms with Crippen molar-refractivity contribution in [2.45, 2.75) is 6.42 Å². The highest BCUT2D eigenvalue weighted by Gasteiger charge is 2.15. The number of nitrogens with zero attached hydrogens (tertiary/aromatic N) is 1. The summed E-state index contributed by atoms with van der Waals surface area (Å²) in [6.07, 6.45) is -0.168. The number of hydrogen-bond donors (Lipinski definition) is 4. The van der Waals surface area contributed by atoms with Crippen molar-refractivity contribution in [1.29, 1.82) is 0 Å². The smallest absolute Gasteiger partial charge is 0.318 e. The Kier molecular flexibility index (Phi) is 5.33. The van der Waals surface area contributed by atoms with Crippen LogP contribution < -0.4 is 21.7 Å². The summed E-state index contributed by atoms with van der Waals surface area (Å²) < 4.78 is 0. The Bertz CT molecular complexity index is 518. The van der Waals surface area contributed by atoms with E-state index in [1.54, 1.807) is 24.3 Å². The second-order valence-electron chi connectivity index (χ2n) is 4.04. The van der Waals surface area contributed by atoms with Crippen molar-refractivity contribution in [3.63, 3.8) is 0 Å². The van der Waals surface area contributed by atoms with Crippen LogP contribution in [-0.2, 0) is 9.59 Å². The normalized spacial score (nSPS) is 9.80.